The highest BCUT2D eigenvalue weighted by Crippen LogP contribution is 2.35. The standard InChI is InChI=1S/C29H32BrF2N3O4S/c30-22-11-9-21(10-12-22)29(31,32)27(28(36)35-15-3-4-23(33)18-35)34-40(37,38)26-14-8-19-16-25(13-7-20(19)17-26)39-24-5-1-2-6-24/h7-14,16-17,23-24,27,34H,1-6,15,18,33H2/t23-,27-/m0/s1. The highest BCUT2D eigenvalue weighted by atomic mass is 79.9. The molecule has 40 heavy (non-hydrogen) atoms. The molecule has 1 saturated carbocycles. The van der Waals surface area contributed by atoms with Crippen molar-refractivity contribution < 1.29 is 26.7 Å². The number of amides is 1. The number of sulfonamides is 1. The van der Waals surface area contributed by atoms with Gasteiger partial charge in [0.25, 0.3) is 5.92 Å². The Kier molecular flexibility index (Phi) is 8.47. The van der Waals surface area contributed by atoms with Gasteiger partial charge in [0.1, 0.15) is 5.75 Å². The highest BCUT2D eigenvalue weighted by Gasteiger charge is 2.50. The van der Waals surface area contributed by atoms with Crippen LogP contribution in [0.3, 0.4) is 0 Å². The lowest BCUT2D eigenvalue weighted by Gasteiger charge is -2.36. The number of carbonyl (C=O) groups is 1. The van der Waals surface area contributed by atoms with E-state index in [-0.39, 0.29) is 30.1 Å². The van der Waals surface area contributed by atoms with Crippen LogP contribution in [0.15, 0.2) is 70.0 Å². The monoisotopic (exact) mass is 635 g/mol. The van der Waals surface area contributed by atoms with Crippen molar-refractivity contribution in [3.05, 3.63) is 70.7 Å². The predicted molar refractivity (Wildman–Crippen MR) is 153 cm³/mol. The molecule has 3 aromatic rings. The van der Waals surface area contributed by atoms with Crippen LogP contribution in [0.2, 0.25) is 0 Å². The molecule has 0 aromatic heterocycles. The summed E-state index contributed by atoms with van der Waals surface area (Å²) < 4.78 is 67.5. The SMILES string of the molecule is N[C@H]1CCCN(C(=O)[C@H](NS(=O)(=O)c2ccc3cc(OC4CCCC4)ccc3c2)C(F)(F)c2ccc(Br)cc2)C1. The Morgan fingerprint density at radius 1 is 1.00 bits per heavy atom. The predicted octanol–water partition coefficient (Wildman–Crippen LogP) is 5.31. The quantitative estimate of drug-likeness (QED) is 0.349. The van der Waals surface area contributed by atoms with E-state index in [9.17, 15) is 13.2 Å². The third-order valence-electron chi connectivity index (χ3n) is 7.58. The molecule has 2 fully saturated rings. The van der Waals surface area contributed by atoms with Gasteiger partial charge in [-0.2, -0.15) is 13.5 Å². The number of alkyl halides is 2. The van der Waals surface area contributed by atoms with Gasteiger partial charge in [-0.3, -0.25) is 4.79 Å². The number of benzene rings is 3. The molecular formula is C29H32BrF2N3O4S. The number of likely N-dealkylation sites (tertiary alicyclic amines) is 1. The van der Waals surface area contributed by atoms with E-state index >= 15 is 8.78 Å². The second-order valence-corrected chi connectivity index (χ2v) is 13.2. The highest BCUT2D eigenvalue weighted by molar-refractivity contribution is 9.10. The van der Waals surface area contributed by atoms with Crippen LogP contribution in [-0.2, 0) is 20.7 Å². The van der Waals surface area contributed by atoms with Crippen molar-refractivity contribution in [3.63, 3.8) is 0 Å². The maximum atomic E-state index is 15.9. The molecule has 1 heterocycles. The van der Waals surface area contributed by atoms with Crippen molar-refractivity contribution in [2.24, 2.45) is 5.73 Å². The van der Waals surface area contributed by atoms with Crippen molar-refractivity contribution in [2.75, 3.05) is 13.1 Å². The summed E-state index contributed by atoms with van der Waals surface area (Å²) >= 11 is 3.22. The molecule has 1 amide bonds. The molecule has 3 N–H and O–H groups in total. The molecule has 5 rings (SSSR count). The Morgan fingerprint density at radius 3 is 2.38 bits per heavy atom. The lowest BCUT2D eigenvalue weighted by atomic mass is 9.99. The third-order valence-corrected chi connectivity index (χ3v) is 9.53. The van der Waals surface area contributed by atoms with Gasteiger partial charge in [0.2, 0.25) is 15.9 Å². The van der Waals surface area contributed by atoms with Gasteiger partial charge >= 0.3 is 0 Å². The smallest absolute Gasteiger partial charge is 0.298 e. The van der Waals surface area contributed by atoms with Gasteiger partial charge in [-0.25, -0.2) is 8.42 Å². The second kappa shape index (κ2) is 11.7. The van der Waals surface area contributed by atoms with Gasteiger partial charge in [-0.15, -0.1) is 0 Å². The van der Waals surface area contributed by atoms with E-state index in [4.69, 9.17) is 10.5 Å². The van der Waals surface area contributed by atoms with Crippen LogP contribution >= 0.6 is 15.9 Å². The van der Waals surface area contributed by atoms with Crippen LogP contribution in [0, 0.1) is 0 Å². The molecule has 1 aliphatic heterocycles. The summed E-state index contributed by atoms with van der Waals surface area (Å²) in [7, 11) is -4.53. The maximum Gasteiger partial charge on any atom is 0.298 e. The Balaban J connectivity index is 1.44. The number of nitrogens with one attached hydrogen (secondary N) is 1. The molecule has 0 spiro atoms. The number of nitrogens with zero attached hydrogens (tertiary/aromatic N) is 1. The van der Waals surface area contributed by atoms with Gasteiger partial charge < -0.3 is 15.4 Å². The first-order chi connectivity index (χ1) is 19.0. The van der Waals surface area contributed by atoms with Gasteiger partial charge in [-0.1, -0.05) is 40.2 Å². The van der Waals surface area contributed by atoms with Crippen LogP contribution in [0.1, 0.15) is 44.1 Å². The van der Waals surface area contributed by atoms with Gasteiger partial charge in [0, 0.05) is 29.2 Å². The number of hydrogen-bond acceptors (Lipinski definition) is 5. The number of nitrogens with two attached hydrogens (primary N) is 1. The number of hydrogen-bond donors (Lipinski definition) is 2. The first-order valence-corrected chi connectivity index (χ1v) is 15.7. The maximum absolute atomic E-state index is 15.9. The fourth-order valence-corrected chi connectivity index (χ4v) is 6.86. The summed E-state index contributed by atoms with van der Waals surface area (Å²) in [6.07, 6.45) is 5.69. The molecule has 0 unspecified atom stereocenters. The van der Waals surface area contributed by atoms with Crippen molar-refractivity contribution in [2.45, 2.75) is 67.5 Å². The van der Waals surface area contributed by atoms with E-state index in [1.165, 1.54) is 41.3 Å². The molecule has 0 radical (unpaired) electrons. The summed E-state index contributed by atoms with van der Waals surface area (Å²) in [6.45, 7) is 0.303. The van der Waals surface area contributed by atoms with E-state index in [0.717, 1.165) is 31.1 Å². The molecule has 214 valence electrons. The summed E-state index contributed by atoms with van der Waals surface area (Å²) in [5.41, 5.74) is 5.51. The van der Waals surface area contributed by atoms with Crippen LogP contribution in [-0.4, -0.2) is 50.5 Å². The topological polar surface area (TPSA) is 102 Å². The second-order valence-electron chi connectivity index (χ2n) is 10.6. The van der Waals surface area contributed by atoms with E-state index in [1.807, 2.05) is 6.07 Å². The number of rotatable bonds is 8. The van der Waals surface area contributed by atoms with Gasteiger partial charge in [0.15, 0.2) is 6.04 Å². The zero-order chi connectivity index (χ0) is 28.5. The molecule has 11 heteroatoms. The van der Waals surface area contributed by atoms with Gasteiger partial charge in [0.05, 0.1) is 11.0 Å². The van der Waals surface area contributed by atoms with Crippen LogP contribution in [0.5, 0.6) is 5.75 Å². The lowest BCUT2D eigenvalue weighted by Crippen LogP contribution is -2.58. The summed E-state index contributed by atoms with van der Waals surface area (Å²) in [5.74, 6) is -4.15. The first kappa shape index (κ1) is 28.9. The molecule has 3 aromatic carbocycles. The Labute approximate surface area is 241 Å². The lowest BCUT2D eigenvalue weighted by molar-refractivity contribution is -0.145. The summed E-state index contributed by atoms with van der Waals surface area (Å²) in [4.78, 5) is 14.5. The molecule has 1 saturated heterocycles. The molecule has 2 aliphatic rings. The molecular weight excluding hydrogens is 604 g/mol. The molecule has 1 aliphatic carbocycles. The minimum absolute atomic E-state index is 0.0781. The Morgan fingerprint density at radius 2 is 1.68 bits per heavy atom. The first-order valence-electron chi connectivity index (χ1n) is 13.4. The largest absolute Gasteiger partial charge is 0.490 e. The Bertz CT molecular complexity index is 1480. The van der Waals surface area contributed by atoms with E-state index in [0.29, 0.717) is 28.5 Å². The summed E-state index contributed by atoms with van der Waals surface area (Å²) in [5, 5.41) is 1.36. The fourth-order valence-electron chi connectivity index (χ4n) is 5.38. The number of fused-ring (bicyclic) bond motifs is 1. The van der Waals surface area contributed by atoms with Crippen molar-refractivity contribution in [3.8, 4) is 5.75 Å². The van der Waals surface area contributed by atoms with Crippen LogP contribution in [0.25, 0.3) is 10.8 Å². The average molecular weight is 637 g/mol. The van der Waals surface area contributed by atoms with E-state index in [2.05, 4.69) is 20.7 Å². The van der Waals surface area contributed by atoms with Crippen LogP contribution in [0.4, 0.5) is 8.78 Å². The van der Waals surface area contributed by atoms with E-state index < -0.39 is 33.5 Å². The minimum atomic E-state index is -4.53. The van der Waals surface area contributed by atoms with E-state index in [1.54, 1.807) is 18.2 Å². The van der Waals surface area contributed by atoms with Crippen molar-refractivity contribution in [1.82, 2.24) is 9.62 Å². The molecule has 7 nitrogen and oxygen atoms in total. The average Bonchev–Trinajstić information content (AvgIpc) is 3.44. The van der Waals surface area contributed by atoms with Gasteiger partial charge in [-0.05, 0) is 85.7 Å². The number of halogens is 3. The Hall–Kier alpha value is -2.60. The third kappa shape index (κ3) is 6.32. The van der Waals surface area contributed by atoms with Crippen molar-refractivity contribution in [1.29, 1.82) is 0 Å². The van der Waals surface area contributed by atoms with Crippen LogP contribution < -0.4 is 15.2 Å². The zero-order valence-electron chi connectivity index (χ0n) is 21.9. The number of carbonyl (C=O) groups excluding carboxylic acids is 1. The zero-order valence-corrected chi connectivity index (χ0v) is 24.3. The summed E-state index contributed by atoms with van der Waals surface area (Å²) in [6, 6.07) is 12.2. The normalized spacial score (nSPS) is 19.6. The molecule has 2 atom stereocenters. The minimum Gasteiger partial charge on any atom is -0.490 e. The fraction of sp³-hybridized carbons (Fsp3) is 0.414. The number of ether oxygens (including phenoxy) is 1. The molecule has 0 bridgehead atoms. The van der Waals surface area contributed by atoms with Crippen molar-refractivity contribution >= 4 is 42.6 Å². The number of piperidine rings is 1.